The van der Waals surface area contributed by atoms with Crippen molar-refractivity contribution in [3.63, 3.8) is 0 Å². The largest absolute Gasteiger partial charge is 0.477 e. The molecule has 468 valence electrons. The van der Waals surface area contributed by atoms with Crippen LogP contribution >= 0.6 is 0 Å². The Kier molecular flexibility index (Phi) is 23.1. The SMILES string of the molecule is CC[C@H]1OC(=O)[C@H](C)[C@@H](O[C@H]2C[C@@](C)(OC)[C@@H](OS(=O)(=O)CCOCCOCCN(C)c3ccc4c(c3)c(=O)c(C(=O)O)cn4C3CC3)[C@H](C)O2)[C@H](C)[C@@H](O[C@@H]2O[C@H](C)C[C@H](N(C)C)[C@H]2O)[C@](C)(O)C[C@@H](C)CN(C)[C@H](C)[C@@H](O)[C@]1(C)O. The number of methoxy groups -OCH3 is 1. The van der Waals surface area contributed by atoms with Crippen molar-refractivity contribution >= 4 is 38.6 Å². The van der Waals surface area contributed by atoms with Gasteiger partial charge in [-0.25, -0.2) is 4.79 Å². The number of nitrogens with zero attached hydrogens (tertiary/aromatic N) is 4. The van der Waals surface area contributed by atoms with Crippen molar-refractivity contribution in [1.29, 1.82) is 0 Å². The molecule has 0 amide bonds. The average molecular weight is 1190 g/mol. The Labute approximate surface area is 484 Å². The van der Waals surface area contributed by atoms with E-state index in [-0.39, 0.29) is 75.4 Å². The van der Waals surface area contributed by atoms with E-state index in [4.69, 9.17) is 42.1 Å². The Balaban J connectivity index is 1.12. The smallest absolute Gasteiger partial charge is 0.341 e. The first kappa shape index (κ1) is 67.7. The van der Waals surface area contributed by atoms with Crippen LogP contribution in [0.25, 0.3) is 10.9 Å². The second-order valence-corrected chi connectivity index (χ2v) is 26.4. The van der Waals surface area contributed by atoms with Crippen LogP contribution in [0.15, 0.2) is 29.2 Å². The molecule has 4 heterocycles. The first-order chi connectivity index (χ1) is 38.3. The van der Waals surface area contributed by atoms with Crippen LogP contribution in [0.5, 0.6) is 0 Å². The Morgan fingerprint density at radius 3 is 2.17 bits per heavy atom. The van der Waals surface area contributed by atoms with Gasteiger partial charge in [-0.3, -0.25) is 13.8 Å². The number of carbonyl (C=O) groups excluding carboxylic acids is 1. The summed E-state index contributed by atoms with van der Waals surface area (Å²) >= 11 is 0. The van der Waals surface area contributed by atoms with Gasteiger partial charge < -0.3 is 82.7 Å². The quantitative estimate of drug-likeness (QED) is 0.0676. The zero-order valence-corrected chi connectivity index (χ0v) is 51.7. The number of benzene rings is 1. The van der Waals surface area contributed by atoms with E-state index in [1.54, 1.807) is 54.5 Å². The molecule has 4 fully saturated rings. The number of esters is 1. The highest BCUT2D eigenvalue weighted by molar-refractivity contribution is 7.86. The molecule has 24 heteroatoms. The summed E-state index contributed by atoms with van der Waals surface area (Å²) in [5.41, 5.74) is -4.32. The van der Waals surface area contributed by atoms with Crippen LogP contribution < -0.4 is 10.3 Å². The molecule has 1 aromatic heterocycles. The molecule has 3 saturated heterocycles. The van der Waals surface area contributed by atoms with Crippen LogP contribution in [0.2, 0.25) is 0 Å². The van der Waals surface area contributed by atoms with Gasteiger partial charge in [0.25, 0.3) is 10.1 Å². The van der Waals surface area contributed by atoms with Crippen LogP contribution in [0.4, 0.5) is 5.69 Å². The molecule has 23 nitrogen and oxygen atoms in total. The van der Waals surface area contributed by atoms with Crippen molar-refractivity contribution in [2.45, 2.75) is 204 Å². The fraction of sp³-hybridized carbons (Fsp3) is 0.810. The number of likely N-dealkylation sites (N-methyl/N-ethyl adjacent to an activating group) is 3. The number of hydrogen-bond acceptors (Lipinski definition) is 21. The second-order valence-electron chi connectivity index (χ2n) is 24.7. The van der Waals surface area contributed by atoms with E-state index in [9.17, 15) is 48.3 Å². The van der Waals surface area contributed by atoms with Crippen LogP contribution in [-0.4, -0.2) is 231 Å². The minimum absolute atomic E-state index is 0.0818. The minimum Gasteiger partial charge on any atom is -0.477 e. The van der Waals surface area contributed by atoms with Gasteiger partial charge in [0.05, 0.1) is 79.2 Å². The monoisotopic (exact) mass is 1180 g/mol. The van der Waals surface area contributed by atoms with E-state index in [1.807, 2.05) is 73.4 Å². The van der Waals surface area contributed by atoms with Gasteiger partial charge in [0, 0.05) is 75.0 Å². The summed E-state index contributed by atoms with van der Waals surface area (Å²) in [6.45, 7) is 18.2. The molecule has 5 N–H and O–H groups in total. The summed E-state index contributed by atoms with van der Waals surface area (Å²) in [5, 5.41) is 58.2. The van der Waals surface area contributed by atoms with E-state index in [1.165, 1.54) is 20.2 Å². The van der Waals surface area contributed by atoms with Gasteiger partial charge in [0.15, 0.2) is 12.6 Å². The first-order valence-corrected chi connectivity index (χ1v) is 30.6. The Morgan fingerprint density at radius 1 is 0.902 bits per heavy atom. The van der Waals surface area contributed by atoms with Gasteiger partial charge in [-0.05, 0) is 126 Å². The molecule has 1 saturated carbocycles. The number of carboxylic acids is 1. The third-order valence-corrected chi connectivity index (χ3v) is 18.6. The van der Waals surface area contributed by atoms with E-state index < -0.39 is 123 Å². The van der Waals surface area contributed by atoms with Gasteiger partial charge in [0.2, 0.25) is 5.43 Å². The summed E-state index contributed by atoms with van der Waals surface area (Å²) in [6.07, 6.45) is -6.86. The number of carboxylic acid groups (broad SMARTS) is 1. The van der Waals surface area contributed by atoms with Crippen molar-refractivity contribution in [2.24, 2.45) is 17.8 Å². The van der Waals surface area contributed by atoms with Gasteiger partial charge >= 0.3 is 11.9 Å². The first-order valence-electron chi connectivity index (χ1n) is 29.0. The molecule has 18 atom stereocenters. The highest BCUT2D eigenvalue weighted by Gasteiger charge is 2.54. The maximum Gasteiger partial charge on any atom is 0.341 e. The van der Waals surface area contributed by atoms with E-state index in [0.717, 1.165) is 12.8 Å². The van der Waals surface area contributed by atoms with E-state index >= 15 is 0 Å². The maximum absolute atomic E-state index is 14.6. The van der Waals surface area contributed by atoms with Gasteiger partial charge in [-0.15, -0.1) is 0 Å². The van der Waals surface area contributed by atoms with Crippen LogP contribution in [0, 0.1) is 17.8 Å². The van der Waals surface area contributed by atoms with Crippen LogP contribution in [0.1, 0.15) is 124 Å². The molecular formula is C58H96N4O19S. The molecule has 2 aromatic rings. The molecule has 6 rings (SSSR count). The summed E-state index contributed by atoms with van der Waals surface area (Å²) in [4.78, 5) is 45.2. The number of aromatic carboxylic acids is 1. The molecule has 0 spiro atoms. The van der Waals surface area contributed by atoms with Crippen molar-refractivity contribution in [3.8, 4) is 0 Å². The van der Waals surface area contributed by atoms with Crippen molar-refractivity contribution in [3.05, 3.63) is 40.2 Å². The molecule has 1 aliphatic carbocycles. The van der Waals surface area contributed by atoms with Crippen molar-refractivity contribution < 1.29 is 85.6 Å². The lowest BCUT2D eigenvalue weighted by Gasteiger charge is -2.49. The summed E-state index contributed by atoms with van der Waals surface area (Å²) in [6, 6.07) is 4.62. The number of rotatable bonds is 21. The molecule has 0 unspecified atom stereocenters. The number of pyridine rings is 1. The number of carbonyl (C=O) groups is 2. The van der Waals surface area contributed by atoms with Crippen LogP contribution in [-0.2, 0) is 57.0 Å². The number of cyclic esters (lactones) is 1. The number of aromatic nitrogens is 1. The average Bonchev–Trinajstić information content (AvgIpc) is 2.75. The van der Waals surface area contributed by atoms with Crippen LogP contribution in [0.3, 0.4) is 0 Å². The second kappa shape index (κ2) is 27.9. The number of hydrogen-bond donors (Lipinski definition) is 5. The Bertz CT molecular complexity index is 2620. The topological polar surface area (TPSA) is 284 Å². The highest BCUT2D eigenvalue weighted by atomic mass is 32.2. The van der Waals surface area contributed by atoms with Gasteiger partial charge in [-0.1, -0.05) is 20.8 Å². The summed E-state index contributed by atoms with van der Waals surface area (Å²) in [7, 11) is 4.51. The molecule has 0 bridgehead atoms. The standard InChI is InChI=1S/C58H96N4O19S/c1-16-45-58(10,70)50(65)37(6)61(14)31-33(2)29-56(8,69)51(80-55-48(64)44(59(11)12)27-34(3)76-55)35(4)49(36(5)54(68)78-45)79-46-30-57(9,73-15)52(38(7)77-46)81-82(71,72)26-25-75-24-23-74-22-21-60(13)40-19-20-43-41(28-40)47(63)42(53(66)67)32-62(43)39-17-18-39/h19-20,28,32-39,44-46,48-52,55,64-65,69-70H,16-18,21-27,29-31H2,1-15H3,(H,66,67)/t33-,34-,35+,36-,37-,38+,44+,45-,46+,48-,49+,50-,51-,52+,55+,56-,57-,58-/m1/s1. The maximum atomic E-state index is 14.6. The fourth-order valence-electron chi connectivity index (χ4n) is 12.3. The number of aliphatic hydroxyl groups excluding tert-OH is 2. The minimum atomic E-state index is -4.26. The highest BCUT2D eigenvalue weighted by Crippen LogP contribution is 2.42. The zero-order chi connectivity index (χ0) is 61.0. The molecule has 3 aliphatic heterocycles. The van der Waals surface area contributed by atoms with E-state index in [0.29, 0.717) is 36.1 Å². The summed E-state index contributed by atoms with van der Waals surface area (Å²) in [5.74, 6) is -4.82. The Hall–Kier alpha value is -3.44. The lowest BCUT2D eigenvalue weighted by Crippen LogP contribution is -2.61. The molecule has 82 heavy (non-hydrogen) atoms. The molecule has 0 radical (unpaired) electrons. The molecule has 4 aliphatic rings. The van der Waals surface area contributed by atoms with Crippen molar-refractivity contribution in [1.82, 2.24) is 14.4 Å². The van der Waals surface area contributed by atoms with Crippen molar-refractivity contribution in [2.75, 3.05) is 85.5 Å². The number of ether oxygens (including phenoxy) is 8. The predicted molar refractivity (Wildman–Crippen MR) is 305 cm³/mol. The number of anilines is 1. The lowest BCUT2D eigenvalue weighted by molar-refractivity contribution is -0.316. The predicted octanol–water partition coefficient (Wildman–Crippen LogP) is 3.77. The molecule has 1 aromatic carbocycles. The Morgan fingerprint density at radius 2 is 1.56 bits per heavy atom. The van der Waals surface area contributed by atoms with Gasteiger partial charge in [-0.2, -0.15) is 8.42 Å². The lowest BCUT2D eigenvalue weighted by atomic mass is 9.77. The number of aliphatic hydroxyl groups is 4. The third kappa shape index (κ3) is 16.1. The third-order valence-electron chi connectivity index (χ3n) is 17.5. The normalized spacial score (nSPS) is 36.9. The zero-order valence-electron chi connectivity index (χ0n) is 50.9. The molecular weight excluding hydrogens is 1090 g/mol. The number of fused-ring (bicyclic) bond motifs is 1. The van der Waals surface area contributed by atoms with Gasteiger partial charge in [0.1, 0.15) is 35.6 Å². The fourth-order valence-corrected chi connectivity index (χ4v) is 13.4. The summed E-state index contributed by atoms with van der Waals surface area (Å²) < 4.78 is 84.9. The van der Waals surface area contributed by atoms with E-state index in [2.05, 4.69) is 0 Å².